The summed E-state index contributed by atoms with van der Waals surface area (Å²) in [6, 6.07) is 7.36. The van der Waals surface area contributed by atoms with Crippen LogP contribution in [0.25, 0.3) is 10.6 Å². The Kier molecular flexibility index (Phi) is 3.54. The third-order valence-electron chi connectivity index (χ3n) is 2.55. The van der Waals surface area contributed by atoms with Crippen LogP contribution in [0.2, 0.25) is 0 Å². The van der Waals surface area contributed by atoms with Gasteiger partial charge in [0, 0.05) is 6.54 Å². The zero-order valence-electron chi connectivity index (χ0n) is 9.55. The SMILES string of the molecule is CCCn1c(-c2cccs2)ccc(C=O)c1=O. The quantitative estimate of drug-likeness (QED) is 0.779. The van der Waals surface area contributed by atoms with Crippen LogP contribution in [0.4, 0.5) is 0 Å². The summed E-state index contributed by atoms with van der Waals surface area (Å²) in [6.07, 6.45) is 1.48. The number of nitrogens with zero attached hydrogens (tertiary/aromatic N) is 1. The summed E-state index contributed by atoms with van der Waals surface area (Å²) in [7, 11) is 0. The number of pyridine rings is 1. The number of hydrogen-bond donors (Lipinski definition) is 0. The number of thiophene rings is 1. The van der Waals surface area contributed by atoms with Crippen LogP contribution in [0, 0.1) is 0 Å². The molecule has 3 nitrogen and oxygen atoms in total. The van der Waals surface area contributed by atoms with Gasteiger partial charge in [0.2, 0.25) is 0 Å². The molecule has 0 bridgehead atoms. The molecule has 2 aromatic rings. The smallest absolute Gasteiger partial charge is 0.261 e. The van der Waals surface area contributed by atoms with Crippen molar-refractivity contribution < 1.29 is 4.79 Å². The van der Waals surface area contributed by atoms with Crippen molar-refractivity contribution in [2.45, 2.75) is 19.9 Å². The number of carbonyl (C=O) groups excluding carboxylic acids is 1. The van der Waals surface area contributed by atoms with Gasteiger partial charge in [-0.15, -0.1) is 11.3 Å². The van der Waals surface area contributed by atoms with Gasteiger partial charge in [0.05, 0.1) is 16.1 Å². The highest BCUT2D eigenvalue weighted by Gasteiger charge is 2.09. The first-order valence-electron chi connectivity index (χ1n) is 5.50. The topological polar surface area (TPSA) is 39.1 Å². The molecule has 2 heterocycles. The molecule has 0 unspecified atom stereocenters. The molecular formula is C13H13NO2S. The highest BCUT2D eigenvalue weighted by atomic mass is 32.1. The van der Waals surface area contributed by atoms with Crippen molar-refractivity contribution in [2.24, 2.45) is 0 Å². The second-order valence-corrected chi connectivity index (χ2v) is 4.67. The molecule has 88 valence electrons. The molecule has 0 saturated heterocycles. The van der Waals surface area contributed by atoms with Gasteiger partial charge in [-0.25, -0.2) is 0 Å². The Balaban J connectivity index is 2.64. The van der Waals surface area contributed by atoms with Gasteiger partial charge in [-0.05, 0) is 30.0 Å². The molecule has 0 spiro atoms. The lowest BCUT2D eigenvalue weighted by Crippen LogP contribution is -2.24. The van der Waals surface area contributed by atoms with Crippen molar-refractivity contribution in [3.63, 3.8) is 0 Å². The summed E-state index contributed by atoms with van der Waals surface area (Å²) >= 11 is 1.59. The first-order valence-corrected chi connectivity index (χ1v) is 6.38. The molecule has 0 saturated carbocycles. The van der Waals surface area contributed by atoms with Crippen LogP contribution in [0.3, 0.4) is 0 Å². The van der Waals surface area contributed by atoms with Crippen LogP contribution in [-0.2, 0) is 6.54 Å². The summed E-state index contributed by atoms with van der Waals surface area (Å²) < 4.78 is 1.68. The van der Waals surface area contributed by atoms with Gasteiger partial charge < -0.3 is 4.57 Å². The van der Waals surface area contributed by atoms with Gasteiger partial charge in [0.15, 0.2) is 6.29 Å². The predicted molar refractivity (Wildman–Crippen MR) is 69.7 cm³/mol. The Morgan fingerprint density at radius 1 is 1.35 bits per heavy atom. The minimum absolute atomic E-state index is 0.201. The van der Waals surface area contributed by atoms with E-state index >= 15 is 0 Å². The average molecular weight is 247 g/mol. The fourth-order valence-electron chi connectivity index (χ4n) is 1.77. The Bertz CT molecular complexity index is 570. The molecule has 17 heavy (non-hydrogen) atoms. The lowest BCUT2D eigenvalue weighted by atomic mass is 10.2. The average Bonchev–Trinajstić information content (AvgIpc) is 2.85. The van der Waals surface area contributed by atoms with E-state index in [1.54, 1.807) is 22.0 Å². The van der Waals surface area contributed by atoms with Crippen LogP contribution in [0.1, 0.15) is 23.7 Å². The summed E-state index contributed by atoms with van der Waals surface area (Å²) in [6.45, 7) is 2.64. The number of hydrogen-bond acceptors (Lipinski definition) is 3. The summed E-state index contributed by atoms with van der Waals surface area (Å²) in [5.74, 6) is 0. The van der Waals surface area contributed by atoms with Crippen LogP contribution in [-0.4, -0.2) is 10.9 Å². The fourth-order valence-corrected chi connectivity index (χ4v) is 2.53. The zero-order chi connectivity index (χ0) is 12.3. The van der Waals surface area contributed by atoms with Gasteiger partial charge in [0.25, 0.3) is 5.56 Å². The molecule has 0 aliphatic rings. The van der Waals surface area contributed by atoms with Crippen LogP contribution in [0.5, 0.6) is 0 Å². The fraction of sp³-hybridized carbons (Fsp3) is 0.231. The van der Waals surface area contributed by atoms with Crippen molar-refractivity contribution in [1.82, 2.24) is 4.57 Å². The molecule has 0 aliphatic heterocycles. The van der Waals surface area contributed by atoms with Gasteiger partial charge in [-0.1, -0.05) is 13.0 Å². The third kappa shape index (κ3) is 2.22. The molecule has 0 atom stereocenters. The predicted octanol–water partition coefficient (Wildman–Crippen LogP) is 2.80. The van der Waals surface area contributed by atoms with Crippen LogP contribution in [0.15, 0.2) is 34.4 Å². The third-order valence-corrected chi connectivity index (χ3v) is 3.44. The highest BCUT2D eigenvalue weighted by Crippen LogP contribution is 2.23. The van der Waals surface area contributed by atoms with E-state index < -0.39 is 0 Å². The molecule has 0 fully saturated rings. The monoisotopic (exact) mass is 247 g/mol. The zero-order valence-corrected chi connectivity index (χ0v) is 10.4. The van der Waals surface area contributed by atoms with Gasteiger partial charge in [0.1, 0.15) is 0 Å². The van der Waals surface area contributed by atoms with E-state index in [0.29, 0.717) is 12.8 Å². The molecule has 0 radical (unpaired) electrons. The van der Waals surface area contributed by atoms with Crippen molar-refractivity contribution in [1.29, 1.82) is 0 Å². The Morgan fingerprint density at radius 3 is 2.76 bits per heavy atom. The minimum atomic E-state index is -0.201. The lowest BCUT2D eigenvalue weighted by molar-refractivity contribution is 0.112. The standard InChI is InChI=1S/C13H13NO2S/c1-2-7-14-11(12-4-3-8-17-12)6-5-10(9-15)13(14)16/h3-6,8-9H,2,7H2,1H3. The molecule has 0 amide bonds. The summed E-state index contributed by atoms with van der Waals surface area (Å²) in [5.41, 5.74) is 0.906. The van der Waals surface area contributed by atoms with E-state index in [9.17, 15) is 9.59 Å². The first-order chi connectivity index (χ1) is 8.27. The molecule has 2 rings (SSSR count). The van der Waals surface area contributed by atoms with Gasteiger partial charge >= 0.3 is 0 Å². The number of rotatable bonds is 4. The van der Waals surface area contributed by atoms with Crippen molar-refractivity contribution in [3.8, 4) is 10.6 Å². The number of carbonyl (C=O) groups is 1. The minimum Gasteiger partial charge on any atom is -0.307 e. The molecule has 4 heteroatoms. The van der Waals surface area contributed by atoms with Crippen molar-refractivity contribution >= 4 is 17.6 Å². The largest absolute Gasteiger partial charge is 0.307 e. The number of aromatic nitrogens is 1. The van der Waals surface area contributed by atoms with E-state index in [4.69, 9.17) is 0 Å². The lowest BCUT2D eigenvalue weighted by Gasteiger charge is -2.11. The maximum atomic E-state index is 12.0. The van der Waals surface area contributed by atoms with Crippen molar-refractivity contribution in [3.05, 3.63) is 45.6 Å². The molecule has 0 aromatic carbocycles. The van der Waals surface area contributed by atoms with Crippen LogP contribution < -0.4 is 5.56 Å². The summed E-state index contributed by atoms with van der Waals surface area (Å²) in [4.78, 5) is 23.9. The van der Waals surface area contributed by atoms with E-state index in [1.165, 1.54) is 0 Å². The van der Waals surface area contributed by atoms with E-state index in [0.717, 1.165) is 17.0 Å². The Morgan fingerprint density at radius 2 is 2.18 bits per heavy atom. The maximum Gasteiger partial charge on any atom is 0.261 e. The van der Waals surface area contributed by atoms with Crippen molar-refractivity contribution in [2.75, 3.05) is 0 Å². The molecule has 0 aliphatic carbocycles. The second kappa shape index (κ2) is 5.10. The molecule has 2 aromatic heterocycles. The van der Waals surface area contributed by atoms with E-state index in [1.807, 2.05) is 30.5 Å². The highest BCUT2D eigenvalue weighted by molar-refractivity contribution is 7.13. The van der Waals surface area contributed by atoms with Crippen LogP contribution >= 0.6 is 11.3 Å². The molecular weight excluding hydrogens is 234 g/mol. The van der Waals surface area contributed by atoms with Gasteiger partial charge in [-0.2, -0.15) is 0 Å². The molecule has 0 N–H and O–H groups in total. The van der Waals surface area contributed by atoms with E-state index in [-0.39, 0.29) is 11.1 Å². The normalized spacial score (nSPS) is 10.4. The second-order valence-electron chi connectivity index (χ2n) is 3.73. The summed E-state index contributed by atoms with van der Waals surface area (Å²) in [5, 5.41) is 1.98. The maximum absolute atomic E-state index is 12.0. The Labute approximate surface area is 103 Å². The van der Waals surface area contributed by atoms with Gasteiger partial charge in [-0.3, -0.25) is 9.59 Å². The first kappa shape index (κ1) is 11.8. The Hall–Kier alpha value is -1.68. The van der Waals surface area contributed by atoms with E-state index in [2.05, 4.69) is 0 Å². The number of aldehydes is 1.